The van der Waals surface area contributed by atoms with Crippen molar-refractivity contribution >= 4 is 0 Å². The van der Waals surface area contributed by atoms with Crippen LogP contribution in [0.5, 0.6) is 5.75 Å². The highest BCUT2D eigenvalue weighted by Crippen LogP contribution is 2.16. The molecule has 96 valence electrons. The minimum Gasteiger partial charge on any atom is -0.491 e. The minimum atomic E-state index is -0.469. The third kappa shape index (κ3) is 5.20. The maximum Gasteiger partial charge on any atom is 0.122 e. The monoisotopic (exact) mass is 237 g/mol. The second kappa shape index (κ2) is 7.30. The first kappa shape index (κ1) is 14.0. The van der Waals surface area contributed by atoms with Gasteiger partial charge in [0, 0.05) is 12.6 Å². The number of para-hydroxylation sites is 1. The van der Waals surface area contributed by atoms with Gasteiger partial charge in [-0.15, -0.1) is 0 Å². The molecular formula is C14H23NO2. The molecule has 0 saturated heterocycles. The summed E-state index contributed by atoms with van der Waals surface area (Å²) in [5, 5.41) is 13.0. The van der Waals surface area contributed by atoms with Gasteiger partial charge in [0.15, 0.2) is 0 Å². The van der Waals surface area contributed by atoms with E-state index in [0.717, 1.165) is 17.7 Å². The van der Waals surface area contributed by atoms with E-state index in [1.54, 1.807) is 0 Å². The van der Waals surface area contributed by atoms with Crippen LogP contribution in [0.15, 0.2) is 24.3 Å². The maximum absolute atomic E-state index is 9.76. The molecule has 1 rings (SSSR count). The average Bonchev–Trinajstić information content (AvgIpc) is 2.35. The van der Waals surface area contributed by atoms with E-state index in [1.165, 1.54) is 0 Å². The Kier molecular flexibility index (Phi) is 6.01. The molecule has 0 bridgehead atoms. The van der Waals surface area contributed by atoms with E-state index in [9.17, 15) is 5.11 Å². The lowest BCUT2D eigenvalue weighted by Gasteiger charge is -2.17. The van der Waals surface area contributed by atoms with Gasteiger partial charge in [-0.05, 0) is 31.9 Å². The molecule has 3 heteroatoms. The molecule has 0 amide bonds. The average molecular weight is 237 g/mol. The number of aryl methyl sites for hydroxylation is 1. The fourth-order valence-electron chi connectivity index (χ4n) is 1.44. The Morgan fingerprint density at radius 3 is 2.71 bits per heavy atom. The quantitative estimate of drug-likeness (QED) is 0.763. The summed E-state index contributed by atoms with van der Waals surface area (Å²) >= 11 is 0. The molecule has 0 heterocycles. The molecule has 0 fully saturated rings. The standard InChI is InChI=1S/C14H23NO2/c1-4-12(3)15-9-13(16)10-17-14-8-6-5-7-11(14)2/h5-8,12-13,15-16H,4,9-10H2,1-3H3/t12-,13-/m1/s1. The molecule has 2 N–H and O–H groups in total. The van der Waals surface area contributed by atoms with E-state index in [1.807, 2.05) is 31.2 Å². The van der Waals surface area contributed by atoms with E-state index in [4.69, 9.17) is 4.74 Å². The zero-order valence-electron chi connectivity index (χ0n) is 10.9. The fourth-order valence-corrected chi connectivity index (χ4v) is 1.44. The molecule has 0 radical (unpaired) electrons. The molecule has 0 aromatic heterocycles. The van der Waals surface area contributed by atoms with Gasteiger partial charge in [-0.3, -0.25) is 0 Å². The number of rotatable bonds is 7. The number of aliphatic hydroxyl groups is 1. The number of nitrogens with one attached hydrogen (secondary N) is 1. The van der Waals surface area contributed by atoms with Crippen LogP contribution in [-0.4, -0.2) is 30.4 Å². The van der Waals surface area contributed by atoms with Gasteiger partial charge in [-0.2, -0.15) is 0 Å². The first-order valence-electron chi connectivity index (χ1n) is 6.23. The lowest BCUT2D eigenvalue weighted by Crippen LogP contribution is -2.36. The van der Waals surface area contributed by atoms with Crippen LogP contribution in [0.2, 0.25) is 0 Å². The molecule has 0 spiro atoms. The van der Waals surface area contributed by atoms with Crippen molar-refractivity contribution in [2.24, 2.45) is 0 Å². The molecule has 2 atom stereocenters. The predicted molar refractivity (Wildman–Crippen MR) is 70.4 cm³/mol. The van der Waals surface area contributed by atoms with Gasteiger partial charge < -0.3 is 15.2 Å². The van der Waals surface area contributed by atoms with Crippen molar-refractivity contribution in [3.8, 4) is 5.75 Å². The second-order valence-corrected chi connectivity index (χ2v) is 4.45. The number of hydrogen-bond acceptors (Lipinski definition) is 3. The molecule has 0 saturated carbocycles. The summed E-state index contributed by atoms with van der Waals surface area (Å²) in [5.41, 5.74) is 1.09. The topological polar surface area (TPSA) is 41.5 Å². The molecule has 3 nitrogen and oxygen atoms in total. The Morgan fingerprint density at radius 1 is 1.35 bits per heavy atom. The van der Waals surface area contributed by atoms with E-state index in [0.29, 0.717) is 19.2 Å². The highest BCUT2D eigenvalue weighted by atomic mass is 16.5. The van der Waals surface area contributed by atoms with Crippen LogP contribution < -0.4 is 10.1 Å². The normalized spacial score (nSPS) is 14.4. The van der Waals surface area contributed by atoms with Crippen LogP contribution in [-0.2, 0) is 0 Å². The molecule has 0 aliphatic rings. The molecule has 17 heavy (non-hydrogen) atoms. The Hall–Kier alpha value is -1.06. The molecule has 1 aromatic rings. The van der Waals surface area contributed by atoms with Crippen molar-refractivity contribution in [1.29, 1.82) is 0 Å². The summed E-state index contributed by atoms with van der Waals surface area (Å²) < 4.78 is 5.57. The lowest BCUT2D eigenvalue weighted by molar-refractivity contribution is 0.103. The predicted octanol–water partition coefficient (Wildman–Crippen LogP) is 2.12. The fraction of sp³-hybridized carbons (Fsp3) is 0.571. The number of benzene rings is 1. The van der Waals surface area contributed by atoms with Crippen molar-refractivity contribution in [1.82, 2.24) is 5.32 Å². The van der Waals surface area contributed by atoms with Gasteiger partial charge in [0.05, 0.1) is 0 Å². The van der Waals surface area contributed by atoms with Gasteiger partial charge in [0.25, 0.3) is 0 Å². The third-order valence-electron chi connectivity index (χ3n) is 2.84. The van der Waals surface area contributed by atoms with E-state index in [2.05, 4.69) is 19.2 Å². The van der Waals surface area contributed by atoms with Crippen molar-refractivity contribution in [2.75, 3.05) is 13.2 Å². The summed E-state index contributed by atoms with van der Waals surface area (Å²) in [4.78, 5) is 0. The van der Waals surface area contributed by atoms with Crippen molar-refractivity contribution in [3.05, 3.63) is 29.8 Å². The summed E-state index contributed by atoms with van der Waals surface area (Å²) in [5.74, 6) is 0.843. The Bertz CT molecular complexity index is 328. The molecule has 0 aliphatic carbocycles. The van der Waals surface area contributed by atoms with Gasteiger partial charge >= 0.3 is 0 Å². The van der Waals surface area contributed by atoms with Gasteiger partial charge in [-0.1, -0.05) is 25.1 Å². The van der Waals surface area contributed by atoms with Crippen LogP contribution >= 0.6 is 0 Å². The Balaban J connectivity index is 2.28. The summed E-state index contributed by atoms with van der Waals surface area (Å²) in [6.45, 7) is 7.12. The third-order valence-corrected chi connectivity index (χ3v) is 2.84. The van der Waals surface area contributed by atoms with Crippen molar-refractivity contribution < 1.29 is 9.84 Å². The largest absolute Gasteiger partial charge is 0.491 e. The first-order valence-corrected chi connectivity index (χ1v) is 6.23. The molecule has 0 unspecified atom stereocenters. The SMILES string of the molecule is CC[C@@H](C)NC[C@@H](O)COc1ccccc1C. The van der Waals surface area contributed by atoms with Gasteiger partial charge in [0.2, 0.25) is 0 Å². The van der Waals surface area contributed by atoms with E-state index < -0.39 is 6.10 Å². The smallest absolute Gasteiger partial charge is 0.122 e. The van der Waals surface area contributed by atoms with Gasteiger partial charge in [-0.25, -0.2) is 0 Å². The first-order chi connectivity index (χ1) is 8.13. The summed E-state index contributed by atoms with van der Waals surface area (Å²) in [7, 11) is 0. The summed E-state index contributed by atoms with van der Waals surface area (Å²) in [6, 6.07) is 8.27. The molecule has 1 aromatic carbocycles. The minimum absolute atomic E-state index is 0.328. The van der Waals surface area contributed by atoms with Crippen LogP contribution in [0.1, 0.15) is 25.8 Å². The highest BCUT2D eigenvalue weighted by molar-refractivity contribution is 5.31. The van der Waals surface area contributed by atoms with Crippen LogP contribution in [0.3, 0.4) is 0 Å². The Morgan fingerprint density at radius 2 is 2.06 bits per heavy atom. The second-order valence-electron chi connectivity index (χ2n) is 4.45. The van der Waals surface area contributed by atoms with Crippen molar-refractivity contribution in [2.45, 2.75) is 39.3 Å². The van der Waals surface area contributed by atoms with Crippen molar-refractivity contribution in [3.63, 3.8) is 0 Å². The molecular weight excluding hydrogens is 214 g/mol. The number of ether oxygens (including phenoxy) is 1. The van der Waals surface area contributed by atoms with Crippen LogP contribution in [0.25, 0.3) is 0 Å². The zero-order valence-corrected chi connectivity index (χ0v) is 10.9. The van der Waals surface area contributed by atoms with Gasteiger partial charge in [0.1, 0.15) is 18.5 Å². The van der Waals surface area contributed by atoms with Crippen LogP contribution in [0, 0.1) is 6.92 Å². The maximum atomic E-state index is 9.76. The zero-order chi connectivity index (χ0) is 12.7. The molecule has 0 aliphatic heterocycles. The van der Waals surface area contributed by atoms with E-state index >= 15 is 0 Å². The highest BCUT2D eigenvalue weighted by Gasteiger charge is 2.07. The summed E-state index contributed by atoms with van der Waals surface area (Å²) in [6.07, 6.45) is 0.592. The van der Waals surface area contributed by atoms with E-state index in [-0.39, 0.29) is 0 Å². The number of hydrogen-bond donors (Lipinski definition) is 2. The van der Waals surface area contributed by atoms with Crippen LogP contribution in [0.4, 0.5) is 0 Å². The Labute approximate surface area is 104 Å². The number of aliphatic hydroxyl groups excluding tert-OH is 1. The lowest BCUT2D eigenvalue weighted by atomic mass is 10.2.